The number of amides is 2. The van der Waals surface area contributed by atoms with E-state index in [1.54, 1.807) is 55.1 Å². The van der Waals surface area contributed by atoms with Gasteiger partial charge in [-0.1, -0.05) is 0 Å². The van der Waals surface area contributed by atoms with Crippen molar-refractivity contribution < 1.29 is 18.7 Å². The Morgan fingerprint density at radius 2 is 2.09 bits per heavy atom. The number of rotatable bonds is 11. The Morgan fingerprint density at radius 1 is 1.27 bits per heavy atom. The van der Waals surface area contributed by atoms with Gasteiger partial charge in [0.1, 0.15) is 13.2 Å². The van der Waals surface area contributed by atoms with Gasteiger partial charge in [0, 0.05) is 45.5 Å². The van der Waals surface area contributed by atoms with Crippen LogP contribution >= 0.6 is 0 Å². The highest BCUT2D eigenvalue weighted by Crippen LogP contribution is 2.12. The van der Waals surface area contributed by atoms with Crippen molar-refractivity contribution >= 4 is 23.2 Å². The van der Waals surface area contributed by atoms with Crippen LogP contribution in [0.4, 0.5) is 15.8 Å². The minimum Gasteiger partial charge on any atom is -0.475 e. The number of likely N-dealkylation sites (N-methyl/N-ethyl adjacent to an activating group) is 1. The summed E-state index contributed by atoms with van der Waals surface area (Å²) in [5, 5.41) is 14.0. The second-order valence-electron chi connectivity index (χ2n) is 7.41. The van der Waals surface area contributed by atoms with Crippen LogP contribution in [0.15, 0.2) is 36.8 Å². The normalized spacial score (nSPS) is 10.7. The third-order valence-corrected chi connectivity index (χ3v) is 4.73. The van der Waals surface area contributed by atoms with E-state index in [1.807, 2.05) is 0 Å². The van der Waals surface area contributed by atoms with E-state index < -0.39 is 5.95 Å². The van der Waals surface area contributed by atoms with E-state index in [0.717, 1.165) is 0 Å². The SMILES string of the molecule is Cc1nc(F)ccc1NCCC(=O)Nc1cnn(CC(=O)N(C)CCOc2ccn(C)n2)c1. The van der Waals surface area contributed by atoms with Gasteiger partial charge in [0.05, 0.1) is 29.8 Å². The van der Waals surface area contributed by atoms with Crippen molar-refractivity contribution in [1.29, 1.82) is 0 Å². The molecule has 0 bridgehead atoms. The highest BCUT2D eigenvalue weighted by molar-refractivity contribution is 5.90. The Morgan fingerprint density at radius 3 is 2.82 bits per heavy atom. The van der Waals surface area contributed by atoms with Gasteiger partial charge in [0.2, 0.25) is 23.6 Å². The van der Waals surface area contributed by atoms with Gasteiger partial charge in [-0.25, -0.2) is 4.98 Å². The van der Waals surface area contributed by atoms with Crippen LogP contribution in [0.25, 0.3) is 0 Å². The van der Waals surface area contributed by atoms with Gasteiger partial charge in [-0.15, -0.1) is 5.10 Å². The van der Waals surface area contributed by atoms with Crippen molar-refractivity contribution in [2.45, 2.75) is 19.9 Å². The summed E-state index contributed by atoms with van der Waals surface area (Å²) in [5.41, 5.74) is 1.69. The predicted octanol–water partition coefficient (Wildman–Crippen LogP) is 1.44. The van der Waals surface area contributed by atoms with E-state index in [1.165, 1.54) is 16.9 Å². The average molecular weight is 458 g/mol. The van der Waals surface area contributed by atoms with Crippen LogP contribution in [-0.4, -0.2) is 68.0 Å². The fourth-order valence-corrected chi connectivity index (χ4v) is 2.91. The number of carbonyl (C=O) groups is 2. The molecule has 2 N–H and O–H groups in total. The van der Waals surface area contributed by atoms with Crippen LogP contribution in [0.2, 0.25) is 0 Å². The highest BCUT2D eigenvalue weighted by Gasteiger charge is 2.12. The molecule has 33 heavy (non-hydrogen) atoms. The number of hydrogen-bond acceptors (Lipinski definition) is 7. The largest absolute Gasteiger partial charge is 0.475 e. The number of ether oxygens (including phenoxy) is 1. The van der Waals surface area contributed by atoms with Crippen LogP contribution in [0.1, 0.15) is 12.1 Å². The standard InChI is InChI=1S/C21H27FN8O3/c1-15-17(4-5-18(22)25-15)23-8-6-19(31)26-16-12-24-30(13-16)14-21(32)28(2)10-11-33-20-7-9-29(3)27-20/h4-5,7,9,12-13,23H,6,8,10-11,14H2,1-3H3,(H,26,31). The molecule has 0 spiro atoms. The number of carbonyl (C=O) groups excluding carboxylic acids is 2. The highest BCUT2D eigenvalue weighted by atomic mass is 19.1. The lowest BCUT2D eigenvalue weighted by Gasteiger charge is -2.16. The van der Waals surface area contributed by atoms with Gasteiger partial charge in [0.25, 0.3) is 0 Å². The molecular formula is C21H27FN8O3. The number of nitrogens with zero attached hydrogens (tertiary/aromatic N) is 6. The number of anilines is 2. The fourth-order valence-electron chi connectivity index (χ4n) is 2.91. The molecule has 176 valence electrons. The lowest BCUT2D eigenvalue weighted by atomic mass is 10.3. The molecule has 0 fully saturated rings. The zero-order valence-electron chi connectivity index (χ0n) is 18.8. The average Bonchev–Trinajstić information content (AvgIpc) is 3.38. The fraction of sp³-hybridized carbons (Fsp3) is 0.381. The zero-order valence-corrected chi connectivity index (χ0v) is 18.8. The summed E-state index contributed by atoms with van der Waals surface area (Å²) in [7, 11) is 3.48. The molecule has 0 saturated carbocycles. The summed E-state index contributed by atoms with van der Waals surface area (Å²) in [4.78, 5) is 29.8. The Bertz CT molecular complexity index is 1100. The summed E-state index contributed by atoms with van der Waals surface area (Å²) >= 11 is 0. The Kier molecular flexibility index (Phi) is 7.95. The number of pyridine rings is 1. The number of halogens is 1. The van der Waals surface area contributed by atoms with Gasteiger partial charge in [-0.2, -0.15) is 9.49 Å². The van der Waals surface area contributed by atoms with Crippen LogP contribution in [0, 0.1) is 12.9 Å². The summed E-state index contributed by atoms with van der Waals surface area (Å²) in [6.07, 6.45) is 5.05. The molecule has 0 aliphatic heterocycles. The van der Waals surface area contributed by atoms with Crippen molar-refractivity contribution in [2.75, 3.05) is 37.4 Å². The van der Waals surface area contributed by atoms with Gasteiger partial charge in [-0.05, 0) is 19.1 Å². The lowest BCUT2D eigenvalue weighted by molar-refractivity contribution is -0.131. The topological polar surface area (TPSA) is 119 Å². The Labute approximate surface area is 190 Å². The smallest absolute Gasteiger partial charge is 0.244 e. The molecule has 3 heterocycles. The summed E-state index contributed by atoms with van der Waals surface area (Å²) < 4.78 is 21.6. The molecule has 0 atom stereocenters. The third-order valence-electron chi connectivity index (χ3n) is 4.73. The molecule has 3 aromatic rings. The van der Waals surface area contributed by atoms with Crippen molar-refractivity contribution in [1.82, 2.24) is 29.4 Å². The van der Waals surface area contributed by atoms with Crippen molar-refractivity contribution in [3.05, 3.63) is 48.4 Å². The molecule has 0 saturated heterocycles. The molecule has 0 radical (unpaired) electrons. The summed E-state index contributed by atoms with van der Waals surface area (Å²) in [5.74, 6) is -0.404. The lowest BCUT2D eigenvalue weighted by Crippen LogP contribution is -2.33. The Balaban J connectivity index is 1.37. The van der Waals surface area contributed by atoms with Gasteiger partial charge in [-0.3, -0.25) is 19.0 Å². The first-order valence-electron chi connectivity index (χ1n) is 10.4. The van der Waals surface area contributed by atoms with Crippen molar-refractivity contribution in [3.8, 4) is 5.88 Å². The molecule has 12 heteroatoms. The number of aryl methyl sites for hydroxylation is 2. The van der Waals surface area contributed by atoms with Crippen LogP contribution in [0.3, 0.4) is 0 Å². The predicted molar refractivity (Wildman–Crippen MR) is 119 cm³/mol. The maximum absolute atomic E-state index is 13.0. The van der Waals surface area contributed by atoms with Crippen LogP contribution < -0.4 is 15.4 Å². The van der Waals surface area contributed by atoms with Crippen molar-refractivity contribution in [3.63, 3.8) is 0 Å². The van der Waals surface area contributed by atoms with E-state index >= 15 is 0 Å². The number of aromatic nitrogens is 5. The minimum atomic E-state index is -0.546. The van der Waals surface area contributed by atoms with E-state index in [4.69, 9.17) is 4.74 Å². The first-order chi connectivity index (χ1) is 15.8. The van der Waals surface area contributed by atoms with E-state index in [0.29, 0.717) is 42.6 Å². The summed E-state index contributed by atoms with van der Waals surface area (Å²) in [6, 6.07) is 4.59. The first kappa shape index (κ1) is 23.7. The maximum Gasteiger partial charge on any atom is 0.244 e. The summed E-state index contributed by atoms with van der Waals surface area (Å²) in [6.45, 7) is 2.80. The molecule has 3 rings (SSSR count). The maximum atomic E-state index is 13.0. The monoisotopic (exact) mass is 458 g/mol. The van der Waals surface area contributed by atoms with E-state index in [-0.39, 0.29) is 24.8 Å². The van der Waals surface area contributed by atoms with E-state index in [2.05, 4.69) is 25.8 Å². The van der Waals surface area contributed by atoms with Crippen molar-refractivity contribution in [2.24, 2.45) is 7.05 Å². The molecule has 0 aliphatic rings. The zero-order chi connectivity index (χ0) is 23.8. The van der Waals surface area contributed by atoms with Gasteiger partial charge >= 0.3 is 0 Å². The molecule has 0 aromatic carbocycles. The van der Waals surface area contributed by atoms with E-state index in [9.17, 15) is 14.0 Å². The van der Waals surface area contributed by atoms with Crippen LogP contribution in [0.5, 0.6) is 5.88 Å². The van der Waals surface area contributed by atoms with Gasteiger partial charge in [0.15, 0.2) is 0 Å². The second-order valence-corrected chi connectivity index (χ2v) is 7.41. The molecule has 0 aliphatic carbocycles. The molecule has 11 nitrogen and oxygen atoms in total. The number of nitrogens with one attached hydrogen (secondary N) is 2. The second kappa shape index (κ2) is 11.1. The number of hydrogen-bond donors (Lipinski definition) is 2. The third kappa shape index (κ3) is 7.30. The minimum absolute atomic E-state index is 0.0361. The first-order valence-corrected chi connectivity index (χ1v) is 10.4. The van der Waals surface area contributed by atoms with Gasteiger partial charge < -0.3 is 20.3 Å². The molecular weight excluding hydrogens is 431 g/mol. The van der Waals surface area contributed by atoms with Crippen LogP contribution in [-0.2, 0) is 23.2 Å². The molecule has 3 aromatic heterocycles. The molecule has 0 unspecified atom stereocenters. The Hall–Kier alpha value is -3.96. The molecule has 2 amide bonds. The quantitative estimate of drug-likeness (QED) is 0.417.